The zero-order valence-corrected chi connectivity index (χ0v) is 24.3. The fourth-order valence-electron chi connectivity index (χ4n) is 4.95. The molecular formula is C32H42NO9+. The number of phenols is 1. The summed E-state index contributed by atoms with van der Waals surface area (Å²) in [5.41, 5.74) is 0.854. The predicted octanol–water partition coefficient (Wildman–Crippen LogP) is 4.07. The van der Waals surface area contributed by atoms with Crippen molar-refractivity contribution in [1.29, 1.82) is 0 Å². The van der Waals surface area contributed by atoms with Gasteiger partial charge in [0.25, 0.3) is 0 Å². The highest BCUT2D eigenvalue weighted by Crippen LogP contribution is 2.26. The summed E-state index contributed by atoms with van der Waals surface area (Å²) in [7, 11) is 0. The Bertz CT molecular complexity index is 1260. The summed E-state index contributed by atoms with van der Waals surface area (Å²) in [4.78, 5) is 39.0. The molecule has 10 nitrogen and oxygen atoms in total. The van der Waals surface area contributed by atoms with Crippen LogP contribution in [0, 0.1) is 0 Å². The number of hydrogen-bond acceptors (Lipinski definition) is 9. The van der Waals surface area contributed by atoms with E-state index in [1.54, 1.807) is 18.2 Å². The number of carbonyl (C=O) groups excluding carboxylic acids is 3. The standard InChI is InChI=1S/C32H41NO9/c1-3-5-7-11-17-33(18-12-8-6-4-2)21-15-16-24(25(34)19-21)27(36)22-13-9-10-14-23(22)31(39)41-20-26(35)30-28(37)29(38)32(40)42-30/h9-10,13-16,19,26,30,34-35,37-38H,3-8,11-12,17-18,20H2,1-2H3/p+1. The topological polar surface area (TPSA) is 155 Å². The predicted molar refractivity (Wildman–Crippen MR) is 155 cm³/mol. The van der Waals surface area contributed by atoms with E-state index in [9.17, 15) is 34.8 Å². The van der Waals surface area contributed by atoms with Crippen LogP contribution in [0.25, 0.3) is 0 Å². The van der Waals surface area contributed by atoms with Crippen LogP contribution in [0.2, 0.25) is 0 Å². The Morgan fingerprint density at radius 3 is 2.05 bits per heavy atom. The zero-order valence-electron chi connectivity index (χ0n) is 24.3. The molecule has 1 aliphatic heterocycles. The van der Waals surface area contributed by atoms with Crippen LogP contribution in [-0.4, -0.2) is 70.1 Å². The van der Waals surface area contributed by atoms with Gasteiger partial charge in [-0.3, -0.25) is 4.79 Å². The van der Waals surface area contributed by atoms with E-state index in [4.69, 9.17) is 4.74 Å². The van der Waals surface area contributed by atoms with E-state index >= 15 is 0 Å². The molecule has 42 heavy (non-hydrogen) atoms. The highest BCUT2D eigenvalue weighted by Gasteiger charge is 2.40. The Morgan fingerprint density at radius 2 is 1.50 bits per heavy atom. The van der Waals surface area contributed by atoms with Crippen molar-refractivity contribution in [3.05, 3.63) is 70.7 Å². The van der Waals surface area contributed by atoms with Crippen molar-refractivity contribution in [3.8, 4) is 5.75 Å². The monoisotopic (exact) mass is 584 g/mol. The van der Waals surface area contributed by atoms with Crippen molar-refractivity contribution in [2.45, 2.75) is 77.4 Å². The number of rotatable bonds is 17. The SMILES string of the molecule is CCCCCC[NH+](CCCCCC)c1ccc(C(=O)c2ccccc2C(=O)OCC(O)C2OC(=O)C(O)=C2O)c(O)c1. The van der Waals surface area contributed by atoms with Gasteiger partial charge in [0.2, 0.25) is 5.76 Å². The molecule has 0 aromatic heterocycles. The number of quaternary nitrogens is 1. The number of cyclic esters (lactones) is 1. The molecule has 2 aromatic rings. The number of hydrogen-bond donors (Lipinski definition) is 5. The number of unbranched alkanes of at least 4 members (excludes halogenated alkanes) is 6. The van der Waals surface area contributed by atoms with Gasteiger partial charge in [0.15, 0.2) is 17.6 Å². The molecule has 10 heteroatoms. The number of aromatic hydroxyl groups is 1. The minimum atomic E-state index is -1.66. The Kier molecular flexibility index (Phi) is 12.4. The second-order valence-corrected chi connectivity index (χ2v) is 10.6. The average molecular weight is 585 g/mol. The Balaban J connectivity index is 1.73. The molecular weight excluding hydrogens is 542 g/mol. The largest absolute Gasteiger partial charge is 0.507 e. The summed E-state index contributed by atoms with van der Waals surface area (Å²) in [5, 5.41) is 40.3. The first-order valence-electron chi connectivity index (χ1n) is 14.7. The molecule has 0 saturated carbocycles. The maximum absolute atomic E-state index is 13.5. The molecule has 2 unspecified atom stereocenters. The van der Waals surface area contributed by atoms with Gasteiger partial charge in [-0.05, 0) is 37.8 Å². The average Bonchev–Trinajstić information content (AvgIpc) is 3.25. The number of carbonyl (C=O) groups is 3. The Morgan fingerprint density at radius 1 is 0.881 bits per heavy atom. The Labute approximate surface area is 246 Å². The van der Waals surface area contributed by atoms with Crippen molar-refractivity contribution >= 4 is 23.4 Å². The van der Waals surface area contributed by atoms with Gasteiger partial charge in [0.1, 0.15) is 24.1 Å². The molecule has 0 spiro atoms. The van der Waals surface area contributed by atoms with E-state index in [0.717, 1.165) is 57.3 Å². The number of esters is 2. The highest BCUT2D eigenvalue weighted by atomic mass is 16.6. The smallest absolute Gasteiger partial charge is 0.377 e. The van der Waals surface area contributed by atoms with Gasteiger partial charge in [0, 0.05) is 17.7 Å². The van der Waals surface area contributed by atoms with E-state index in [2.05, 4.69) is 18.6 Å². The lowest BCUT2D eigenvalue weighted by molar-refractivity contribution is -0.833. The van der Waals surface area contributed by atoms with E-state index < -0.39 is 48.1 Å². The minimum absolute atomic E-state index is 0.00365. The van der Waals surface area contributed by atoms with Crippen LogP contribution in [0.15, 0.2) is 54.0 Å². The van der Waals surface area contributed by atoms with Crippen LogP contribution in [0.5, 0.6) is 5.75 Å². The van der Waals surface area contributed by atoms with Crippen molar-refractivity contribution in [3.63, 3.8) is 0 Å². The van der Waals surface area contributed by atoms with E-state index in [1.165, 1.54) is 35.9 Å². The molecule has 228 valence electrons. The van der Waals surface area contributed by atoms with Gasteiger partial charge in [-0.25, -0.2) is 9.59 Å². The second-order valence-electron chi connectivity index (χ2n) is 10.6. The third-order valence-corrected chi connectivity index (χ3v) is 7.38. The molecule has 1 heterocycles. The maximum atomic E-state index is 13.5. The van der Waals surface area contributed by atoms with Gasteiger partial charge in [0.05, 0.1) is 24.2 Å². The van der Waals surface area contributed by atoms with Gasteiger partial charge in [-0.2, -0.15) is 0 Å². The van der Waals surface area contributed by atoms with Crippen LogP contribution < -0.4 is 4.90 Å². The van der Waals surface area contributed by atoms with Crippen LogP contribution >= 0.6 is 0 Å². The number of nitrogens with one attached hydrogen (secondary N) is 1. The lowest BCUT2D eigenvalue weighted by atomic mass is 9.97. The second kappa shape index (κ2) is 15.9. The fraction of sp³-hybridized carbons (Fsp3) is 0.469. The summed E-state index contributed by atoms with van der Waals surface area (Å²) in [5.74, 6) is -4.79. The number of aliphatic hydroxyl groups is 3. The Hall–Kier alpha value is -3.89. The number of benzene rings is 2. The summed E-state index contributed by atoms with van der Waals surface area (Å²) < 4.78 is 9.80. The summed E-state index contributed by atoms with van der Waals surface area (Å²) in [6, 6.07) is 11.0. The minimum Gasteiger partial charge on any atom is -0.507 e. The molecule has 0 bridgehead atoms. The lowest BCUT2D eigenvalue weighted by Gasteiger charge is -2.20. The molecule has 0 aliphatic carbocycles. The number of phenolic OH excluding ortho intramolecular Hbond substituents is 1. The third kappa shape index (κ3) is 8.33. The molecule has 0 amide bonds. The molecule has 1 aliphatic rings. The lowest BCUT2D eigenvalue weighted by Crippen LogP contribution is -3.07. The van der Waals surface area contributed by atoms with Crippen LogP contribution in [0.1, 0.15) is 91.5 Å². The summed E-state index contributed by atoms with van der Waals surface area (Å²) >= 11 is 0. The normalized spacial score (nSPS) is 15.6. The number of ether oxygens (including phenoxy) is 2. The van der Waals surface area contributed by atoms with E-state index in [-0.39, 0.29) is 22.4 Å². The van der Waals surface area contributed by atoms with Gasteiger partial charge >= 0.3 is 11.9 Å². The van der Waals surface area contributed by atoms with Crippen molar-refractivity contribution in [2.24, 2.45) is 0 Å². The van der Waals surface area contributed by atoms with Gasteiger partial charge in [-0.1, -0.05) is 57.7 Å². The number of aliphatic hydroxyl groups excluding tert-OH is 3. The first kappa shape index (κ1) is 32.6. The summed E-state index contributed by atoms with van der Waals surface area (Å²) in [6.07, 6.45) is 5.86. The zero-order chi connectivity index (χ0) is 30.6. The van der Waals surface area contributed by atoms with Crippen LogP contribution in [0.3, 0.4) is 0 Å². The van der Waals surface area contributed by atoms with Crippen LogP contribution in [-0.2, 0) is 14.3 Å². The molecule has 0 fully saturated rings. The van der Waals surface area contributed by atoms with Crippen molar-refractivity contribution in [2.75, 3.05) is 19.7 Å². The molecule has 2 atom stereocenters. The third-order valence-electron chi connectivity index (χ3n) is 7.38. The quantitative estimate of drug-likeness (QED) is 0.105. The molecule has 3 rings (SSSR count). The number of ketones is 1. The molecule has 2 aromatic carbocycles. The molecule has 0 radical (unpaired) electrons. The highest BCUT2D eigenvalue weighted by molar-refractivity contribution is 6.15. The molecule has 0 saturated heterocycles. The van der Waals surface area contributed by atoms with Gasteiger partial charge < -0.3 is 34.8 Å². The maximum Gasteiger partial charge on any atom is 0.377 e. The first-order valence-corrected chi connectivity index (χ1v) is 14.7. The summed E-state index contributed by atoms with van der Waals surface area (Å²) in [6.45, 7) is 5.54. The first-order chi connectivity index (χ1) is 20.2. The molecule has 5 N–H and O–H groups in total. The fourth-order valence-corrected chi connectivity index (χ4v) is 4.95. The van der Waals surface area contributed by atoms with E-state index in [1.807, 2.05) is 6.07 Å². The van der Waals surface area contributed by atoms with Crippen molar-refractivity contribution in [1.82, 2.24) is 0 Å². The van der Waals surface area contributed by atoms with Crippen LogP contribution in [0.4, 0.5) is 5.69 Å². The van der Waals surface area contributed by atoms with E-state index in [0.29, 0.717) is 0 Å². The van der Waals surface area contributed by atoms with Gasteiger partial charge in [-0.15, -0.1) is 0 Å². The van der Waals surface area contributed by atoms with Crippen molar-refractivity contribution < 1.29 is 49.2 Å².